The summed E-state index contributed by atoms with van der Waals surface area (Å²) in [4.78, 5) is 123. The maximum Gasteiger partial charge on any atom is 0.337 e. The topological polar surface area (TPSA) is 352 Å². The Morgan fingerprint density at radius 1 is 0.481 bits per heavy atom. The molecule has 0 saturated heterocycles. The molecule has 0 spiro atoms. The number of pyridine rings is 4. The number of ketones is 1. The normalized spacial score (nSPS) is 10.7. The van der Waals surface area contributed by atoms with Gasteiger partial charge in [0.25, 0.3) is 5.56 Å². The van der Waals surface area contributed by atoms with Gasteiger partial charge >= 0.3 is 29.8 Å². The van der Waals surface area contributed by atoms with Crippen LogP contribution in [0, 0.1) is 0 Å². The number of aryl methyl sites for hydroxylation is 4. The molecule has 106 heavy (non-hydrogen) atoms. The van der Waals surface area contributed by atoms with Crippen molar-refractivity contribution < 1.29 is 77.9 Å². The van der Waals surface area contributed by atoms with Crippen LogP contribution in [-0.4, -0.2) is 103 Å². The number of aromatic amines is 1. The van der Waals surface area contributed by atoms with E-state index < -0.39 is 29.8 Å². The van der Waals surface area contributed by atoms with Crippen molar-refractivity contribution in [3.63, 3.8) is 0 Å². The number of carbonyl (C=O) groups excluding carboxylic acids is 6. The number of ether oxygens (including phenoxy) is 2. The van der Waals surface area contributed by atoms with E-state index in [-0.39, 0.29) is 70.7 Å². The van der Waals surface area contributed by atoms with Crippen LogP contribution >= 0.6 is 31.9 Å². The summed E-state index contributed by atoms with van der Waals surface area (Å²) in [5.74, 6) is -4.78. The minimum Gasteiger partial charge on any atom is -0.478 e. The first-order chi connectivity index (χ1) is 50.9. The average molecular weight is 1560 g/mol. The van der Waals surface area contributed by atoms with Gasteiger partial charge in [-0.15, -0.1) is 0 Å². The molecule has 542 valence electrons. The lowest BCUT2D eigenvalue weighted by molar-refractivity contribution is -0.903. The van der Waals surface area contributed by atoms with E-state index in [4.69, 9.17) is 15.3 Å². The van der Waals surface area contributed by atoms with Crippen molar-refractivity contribution in [1.82, 2.24) is 15.0 Å². The second-order valence-electron chi connectivity index (χ2n) is 23.4. The Morgan fingerprint density at radius 3 is 1.37 bits per heavy atom. The van der Waals surface area contributed by atoms with Gasteiger partial charge in [-0.3, -0.25) is 48.7 Å². The number of aromatic carboxylic acids is 3. The molecule has 0 saturated carbocycles. The number of fused-ring (bicyclic) bond motifs is 5. The first-order valence-corrected chi connectivity index (χ1v) is 34.3. The van der Waals surface area contributed by atoms with Crippen molar-refractivity contribution >= 4 is 145 Å². The molecule has 8 aromatic carbocycles. The molecule has 0 aliphatic heterocycles. The van der Waals surface area contributed by atoms with E-state index in [2.05, 4.69) is 78.3 Å². The van der Waals surface area contributed by atoms with Crippen LogP contribution < -0.4 is 26.2 Å². The number of carboxylic acid groups (broad SMARTS) is 3. The average Bonchev–Trinajstić information content (AvgIpc) is 1.51. The van der Waals surface area contributed by atoms with Gasteiger partial charge in [0.15, 0.2) is 5.78 Å². The molecule has 4 heterocycles. The number of para-hydroxylation sites is 3. The number of carboxylic acids is 3. The Kier molecular flexibility index (Phi) is 31.3. The molecule has 4 aromatic heterocycles. The summed E-state index contributed by atoms with van der Waals surface area (Å²) in [5.41, 5.74) is 6.03. The van der Waals surface area contributed by atoms with Gasteiger partial charge in [-0.25, -0.2) is 14.4 Å². The summed E-state index contributed by atoms with van der Waals surface area (Å²) in [6.07, 6.45) is 15.9. The quantitative estimate of drug-likeness (QED) is 0.0204. The number of nitrogens with one attached hydrogen (secondary N) is 4. The zero-order valence-corrected chi connectivity index (χ0v) is 61.1. The molecule has 0 fully saturated rings. The molecule has 0 radical (unpaired) electrons. The summed E-state index contributed by atoms with van der Waals surface area (Å²) in [5, 5.41) is 52.6. The number of aromatic nitrogens is 4. The maximum absolute atomic E-state index is 12.1. The zero-order chi connectivity index (χ0) is 76.7. The van der Waals surface area contributed by atoms with Gasteiger partial charge in [0.05, 0.1) is 39.1 Å². The van der Waals surface area contributed by atoms with E-state index in [1.54, 1.807) is 118 Å². The fraction of sp³-hybridized carbons (Fsp3) is 0.148. The monoisotopic (exact) mass is 1560 g/mol. The largest absolute Gasteiger partial charge is 0.478 e. The number of hydrogen-bond donors (Lipinski definition) is 8. The first kappa shape index (κ1) is 80.9. The predicted molar refractivity (Wildman–Crippen MR) is 410 cm³/mol. The maximum atomic E-state index is 12.1. The van der Waals surface area contributed by atoms with E-state index in [9.17, 15) is 53.2 Å². The van der Waals surface area contributed by atoms with Gasteiger partial charge in [-0.05, 0) is 160 Å². The number of methoxy groups -OCH3 is 1. The highest BCUT2D eigenvalue weighted by Crippen LogP contribution is 2.26. The first-order valence-electron chi connectivity index (χ1n) is 32.7. The van der Waals surface area contributed by atoms with Crippen LogP contribution in [0.4, 0.5) is 17.1 Å². The van der Waals surface area contributed by atoms with Gasteiger partial charge in [0, 0.05) is 126 Å². The third-order valence-electron chi connectivity index (χ3n) is 15.5. The number of Topliss-reactive ketones (excluding diaryl/α,β-unsaturated/α-hetero) is 1. The fourth-order valence-corrected chi connectivity index (χ4v) is 11.3. The number of anilines is 3. The van der Waals surface area contributed by atoms with Gasteiger partial charge in [0.2, 0.25) is 30.1 Å². The number of rotatable bonds is 15. The van der Waals surface area contributed by atoms with E-state index >= 15 is 0 Å². The summed E-state index contributed by atoms with van der Waals surface area (Å²) in [6, 6.07) is 55.7. The van der Waals surface area contributed by atoms with Crippen LogP contribution in [0.2, 0.25) is 0 Å². The minimum atomic E-state index is -1.09. The fourth-order valence-electron chi connectivity index (χ4n) is 10.5. The molecule has 23 nitrogen and oxygen atoms in total. The van der Waals surface area contributed by atoms with Crippen molar-refractivity contribution in [2.24, 2.45) is 0 Å². The highest BCUT2D eigenvalue weighted by Gasteiger charge is 2.19. The molecule has 0 bridgehead atoms. The van der Waals surface area contributed by atoms with Crippen LogP contribution in [0.25, 0.3) is 43.1 Å². The molecule has 13 rings (SSSR count). The molecule has 8 N–H and O–H groups in total. The number of carbonyl (C=O) groups is 9. The van der Waals surface area contributed by atoms with Gasteiger partial charge in [0.1, 0.15) is 0 Å². The Labute approximate surface area is 625 Å². The van der Waals surface area contributed by atoms with Crippen LogP contribution in [0.5, 0.6) is 0 Å². The van der Waals surface area contributed by atoms with E-state index in [1.807, 2.05) is 103 Å². The number of H-pyrrole nitrogens is 1. The number of benzene rings is 8. The molecular weight excluding hydrogens is 1490 g/mol. The van der Waals surface area contributed by atoms with Crippen molar-refractivity contribution in [1.29, 1.82) is 0 Å². The molecule has 1 aliphatic rings. The predicted octanol–water partition coefficient (Wildman–Crippen LogP) is 14.9. The third kappa shape index (κ3) is 25.8. The Balaban J connectivity index is 0.000000184. The molecule has 0 unspecified atom stereocenters. The minimum absolute atomic E-state index is 0.0563. The summed E-state index contributed by atoms with van der Waals surface area (Å²) < 4.78 is 11.4. The molecular formula is C81H74Br2N7O16+. The van der Waals surface area contributed by atoms with Crippen molar-refractivity contribution in [2.75, 3.05) is 30.2 Å². The second-order valence-corrected chi connectivity index (χ2v) is 25.2. The lowest BCUT2D eigenvalue weighted by Gasteiger charge is -2.08. The van der Waals surface area contributed by atoms with Crippen molar-refractivity contribution in [3.05, 3.63) is 295 Å². The summed E-state index contributed by atoms with van der Waals surface area (Å²) in [7, 11) is 3.25. The number of nitrogens with zero attached hydrogens (tertiary/aromatic N) is 3. The number of amides is 3. The SMILES string of the molecule is Brc1ccc2cnccc2c1.CC(=O)OC(C)=O.COC.O=C(CCc1ccc2c(=O)[nH]ccc2c1)Nc1ccccc1C(=O)O.O=C(CCc1ccc2c[n+](O)ccc2c1)Nc1ccccc1C(=O)O.O=C(CCc1ccc2cnccc2c1)Nc1ccccc1C(=O)O.O=C1CCc2cc(Br)ccc21. The highest BCUT2D eigenvalue weighted by atomic mass is 79.9. The molecule has 12 aromatic rings. The van der Waals surface area contributed by atoms with Crippen LogP contribution in [0.3, 0.4) is 0 Å². The Hall–Kier alpha value is -12.5. The van der Waals surface area contributed by atoms with Gasteiger partial charge in [-0.1, -0.05) is 123 Å². The number of halogens is 2. The zero-order valence-electron chi connectivity index (χ0n) is 57.9. The molecule has 1 aliphatic carbocycles. The number of hydrogen-bond acceptors (Lipinski definition) is 15. The van der Waals surface area contributed by atoms with E-state index in [0.29, 0.717) is 42.4 Å². The van der Waals surface area contributed by atoms with Crippen molar-refractivity contribution in [2.45, 2.75) is 65.2 Å². The van der Waals surface area contributed by atoms with E-state index in [1.165, 1.54) is 48.4 Å². The van der Waals surface area contributed by atoms with Crippen LogP contribution in [-0.2, 0) is 59.1 Å². The standard InChI is InChI=1S/2C19H16N2O4.C19H16N2O3.C9H6BrN.C9H7BrO.C4H6O3.C2H6O/c22-18(20-17-4-2-1-3-16(17)19(23)24)8-6-13-5-7-15-12-21(25)10-9-14(15)11-13;22-17(21-16-4-2-1-3-15(16)19(24)25)8-6-12-5-7-14-13(11-12)9-10-20-18(14)23;22-18(21-17-4-2-1-3-16(17)19(23)24)8-6-13-5-7-15-12-20-10-9-14(15)11-13;10-9-2-1-8-6-11-4-3-7(8)5-9;10-7-2-3-8-6(5-7)1-4-9(8)11;1-3(5)7-4(2)6;1-3-2/h1-5,7,9-12H,6,8H2,(H2-,20,22,23,24,25);1-5,7,9-11H,6,8H2,(H,20,23)(H,21,22)(H,24,25);1-5,7,9-12H,6,8H2,(H,21,22)(H,23,24);1-6H;2-3,5H,1,4H2;1-2H3;1-2H3/p+1. The molecule has 0 atom stereocenters. The molecule has 25 heteroatoms. The third-order valence-corrected chi connectivity index (χ3v) is 16.5. The summed E-state index contributed by atoms with van der Waals surface area (Å²) in [6.45, 7) is 2.36. The highest BCUT2D eigenvalue weighted by molar-refractivity contribution is 9.10. The Morgan fingerprint density at radius 2 is 0.896 bits per heavy atom. The smallest absolute Gasteiger partial charge is 0.337 e. The van der Waals surface area contributed by atoms with Crippen molar-refractivity contribution in [3.8, 4) is 0 Å². The lowest BCUT2D eigenvalue weighted by Crippen LogP contribution is -2.27. The van der Waals surface area contributed by atoms with Crippen LogP contribution in [0.1, 0.15) is 103 Å². The van der Waals surface area contributed by atoms with Crippen LogP contribution in [0.15, 0.2) is 245 Å². The van der Waals surface area contributed by atoms with E-state index in [0.717, 1.165) is 69.3 Å². The van der Waals surface area contributed by atoms with Gasteiger partial charge < -0.3 is 45.7 Å². The lowest BCUT2D eigenvalue weighted by atomic mass is 10.0. The Bertz CT molecular complexity index is 5210. The second kappa shape index (κ2) is 41.0. The number of esters is 2. The summed E-state index contributed by atoms with van der Waals surface area (Å²) >= 11 is 6.79. The molecule has 3 amide bonds. The van der Waals surface area contributed by atoms with Gasteiger partial charge in [-0.2, -0.15) is 0 Å².